The summed E-state index contributed by atoms with van der Waals surface area (Å²) in [7, 11) is 0. The van der Waals surface area contributed by atoms with Crippen molar-refractivity contribution in [2.45, 2.75) is 31.5 Å². The third-order valence-corrected chi connectivity index (χ3v) is 4.22. The van der Waals surface area contributed by atoms with Crippen LogP contribution in [0.1, 0.15) is 30.9 Å². The number of rotatable bonds is 6. The number of hydrogen-bond acceptors (Lipinski definition) is 3. The molecule has 2 rings (SSSR count). The van der Waals surface area contributed by atoms with E-state index >= 15 is 0 Å². The maximum Gasteiger partial charge on any atom is 0.401 e. The number of alkyl halides is 3. The monoisotopic (exact) mass is 344 g/mol. The van der Waals surface area contributed by atoms with Crippen LogP contribution < -0.4 is 5.32 Å². The summed E-state index contributed by atoms with van der Waals surface area (Å²) >= 11 is 0. The minimum Gasteiger partial charge on any atom is -0.396 e. The first-order valence-electron chi connectivity index (χ1n) is 8.14. The number of amides is 1. The van der Waals surface area contributed by atoms with Gasteiger partial charge in [-0.2, -0.15) is 13.2 Å². The highest BCUT2D eigenvalue weighted by atomic mass is 19.4. The van der Waals surface area contributed by atoms with Crippen molar-refractivity contribution in [3.63, 3.8) is 0 Å². The van der Waals surface area contributed by atoms with Crippen molar-refractivity contribution in [2.24, 2.45) is 5.92 Å². The van der Waals surface area contributed by atoms with Gasteiger partial charge >= 0.3 is 6.18 Å². The lowest BCUT2D eigenvalue weighted by atomic mass is 9.95. The Labute approximate surface area is 139 Å². The molecule has 2 atom stereocenters. The number of aliphatic hydroxyl groups excluding tert-OH is 1. The molecule has 0 bridgehead atoms. The quantitative estimate of drug-likeness (QED) is 0.834. The van der Waals surface area contributed by atoms with Crippen molar-refractivity contribution in [1.29, 1.82) is 0 Å². The summed E-state index contributed by atoms with van der Waals surface area (Å²) in [6, 6.07) is 8.93. The smallest absolute Gasteiger partial charge is 0.396 e. The molecule has 2 N–H and O–H groups in total. The van der Waals surface area contributed by atoms with Gasteiger partial charge in [-0.05, 0) is 31.4 Å². The molecule has 0 aliphatic carbocycles. The molecule has 1 aliphatic rings. The van der Waals surface area contributed by atoms with Gasteiger partial charge in [0.1, 0.15) is 0 Å². The molecule has 0 radical (unpaired) electrons. The van der Waals surface area contributed by atoms with Gasteiger partial charge in [0, 0.05) is 13.2 Å². The van der Waals surface area contributed by atoms with E-state index in [-0.39, 0.29) is 25.1 Å². The Kier molecular flexibility index (Phi) is 6.62. The number of nitrogens with zero attached hydrogens (tertiary/aromatic N) is 1. The van der Waals surface area contributed by atoms with Gasteiger partial charge in [0.05, 0.1) is 18.5 Å². The van der Waals surface area contributed by atoms with Gasteiger partial charge < -0.3 is 10.4 Å². The fourth-order valence-electron chi connectivity index (χ4n) is 3.09. The predicted octanol–water partition coefficient (Wildman–Crippen LogP) is 2.50. The minimum absolute atomic E-state index is 0.0787. The third-order valence-electron chi connectivity index (χ3n) is 4.22. The lowest BCUT2D eigenvalue weighted by Crippen LogP contribution is -2.46. The van der Waals surface area contributed by atoms with Gasteiger partial charge in [-0.15, -0.1) is 0 Å². The second kappa shape index (κ2) is 8.48. The number of hydrogen-bond donors (Lipinski definition) is 2. The van der Waals surface area contributed by atoms with Gasteiger partial charge in [-0.3, -0.25) is 9.69 Å². The highest BCUT2D eigenvalue weighted by Crippen LogP contribution is 2.24. The summed E-state index contributed by atoms with van der Waals surface area (Å²) in [6.07, 6.45) is -2.72. The van der Waals surface area contributed by atoms with Crippen LogP contribution in [0.25, 0.3) is 0 Å². The Bertz CT molecular complexity index is 522. The van der Waals surface area contributed by atoms with Crippen LogP contribution in [-0.2, 0) is 4.79 Å². The number of aliphatic hydroxyl groups is 1. The van der Waals surface area contributed by atoms with Crippen LogP contribution >= 0.6 is 0 Å². The van der Waals surface area contributed by atoms with Gasteiger partial charge in [-0.1, -0.05) is 30.3 Å². The molecule has 1 fully saturated rings. The van der Waals surface area contributed by atoms with E-state index < -0.39 is 18.6 Å². The van der Waals surface area contributed by atoms with Crippen LogP contribution in [0.5, 0.6) is 0 Å². The van der Waals surface area contributed by atoms with Crippen molar-refractivity contribution in [3.05, 3.63) is 35.9 Å². The number of halogens is 3. The molecule has 1 saturated heterocycles. The maximum atomic E-state index is 12.5. The van der Waals surface area contributed by atoms with Crippen molar-refractivity contribution < 1.29 is 23.1 Å². The molecule has 0 saturated carbocycles. The Morgan fingerprint density at radius 2 is 2.04 bits per heavy atom. The average molecular weight is 344 g/mol. The summed E-state index contributed by atoms with van der Waals surface area (Å²) in [6.45, 7) is -0.575. The maximum absolute atomic E-state index is 12.5. The van der Waals surface area contributed by atoms with E-state index in [4.69, 9.17) is 0 Å². The first kappa shape index (κ1) is 18.7. The molecule has 0 spiro atoms. The zero-order chi connectivity index (χ0) is 17.6. The number of benzene rings is 1. The Morgan fingerprint density at radius 1 is 1.33 bits per heavy atom. The molecule has 1 amide bonds. The second-order valence-electron chi connectivity index (χ2n) is 6.17. The van der Waals surface area contributed by atoms with Crippen LogP contribution in [0.2, 0.25) is 0 Å². The zero-order valence-electron chi connectivity index (χ0n) is 13.4. The van der Waals surface area contributed by atoms with Crippen LogP contribution in [0.15, 0.2) is 30.3 Å². The molecule has 24 heavy (non-hydrogen) atoms. The molecule has 2 unspecified atom stereocenters. The van der Waals surface area contributed by atoms with Gasteiger partial charge in [0.15, 0.2) is 0 Å². The molecule has 1 aromatic carbocycles. The Balaban J connectivity index is 1.96. The van der Waals surface area contributed by atoms with Gasteiger partial charge in [0.25, 0.3) is 0 Å². The number of carbonyl (C=O) groups excluding carboxylic acids is 1. The van der Waals surface area contributed by atoms with Gasteiger partial charge in [0.2, 0.25) is 5.91 Å². The van der Waals surface area contributed by atoms with Crippen molar-refractivity contribution in [3.8, 4) is 0 Å². The van der Waals surface area contributed by atoms with E-state index in [1.54, 1.807) is 0 Å². The molecule has 134 valence electrons. The number of nitrogens with one attached hydrogen (secondary N) is 1. The summed E-state index contributed by atoms with van der Waals surface area (Å²) in [5.41, 5.74) is 0.878. The molecule has 4 nitrogen and oxygen atoms in total. The Hall–Kier alpha value is -1.60. The predicted molar refractivity (Wildman–Crippen MR) is 84.2 cm³/mol. The molecule has 1 aliphatic heterocycles. The minimum atomic E-state index is -4.25. The molecular weight excluding hydrogens is 321 g/mol. The second-order valence-corrected chi connectivity index (χ2v) is 6.17. The van der Waals surface area contributed by atoms with E-state index in [0.717, 1.165) is 5.56 Å². The largest absolute Gasteiger partial charge is 0.401 e. The standard InChI is InChI=1S/C17H23F3N2O2/c18-17(19,20)12-22-9-4-7-14(11-22)16(24)21-15(8-10-23)13-5-2-1-3-6-13/h1-3,5-6,14-15,23H,4,7-12H2,(H,21,24). The fraction of sp³-hybridized carbons (Fsp3) is 0.588. The SMILES string of the molecule is O=C(NC(CCO)c1ccccc1)C1CCCN(CC(F)(F)F)C1. The van der Waals surface area contributed by atoms with Crippen LogP contribution in [0.4, 0.5) is 13.2 Å². The van der Waals surface area contributed by atoms with Crippen molar-refractivity contribution in [1.82, 2.24) is 10.2 Å². The molecular formula is C17H23F3N2O2. The first-order chi connectivity index (χ1) is 11.4. The van der Waals surface area contributed by atoms with E-state index in [0.29, 0.717) is 25.8 Å². The highest BCUT2D eigenvalue weighted by molar-refractivity contribution is 5.79. The molecule has 1 heterocycles. The number of piperidine rings is 1. The summed E-state index contributed by atoms with van der Waals surface area (Å²) < 4.78 is 37.6. The van der Waals surface area contributed by atoms with Crippen LogP contribution in [-0.4, -0.2) is 48.3 Å². The lowest BCUT2D eigenvalue weighted by Gasteiger charge is -2.33. The normalized spacial score (nSPS) is 20.6. The van der Waals surface area contributed by atoms with E-state index in [2.05, 4.69) is 5.32 Å². The van der Waals surface area contributed by atoms with Crippen LogP contribution in [0, 0.1) is 5.92 Å². The first-order valence-corrected chi connectivity index (χ1v) is 8.14. The van der Waals surface area contributed by atoms with Crippen molar-refractivity contribution in [2.75, 3.05) is 26.2 Å². The van der Waals surface area contributed by atoms with E-state index in [9.17, 15) is 23.1 Å². The highest BCUT2D eigenvalue weighted by Gasteiger charge is 2.35. The third kappa shape index (κ3) is 5.79. The number of likely N-dealkylation sites (tertiary alicyclic amines) is 1. The zero-order valence-corrected chi connectivity index (χ0v) is 13.4. The topological polar surface area (TPSA) is 52.6 Å². The lowest BCUT2D eigenvalue weighted by molar-refractivity contribution is -0.152. The number of carbonyl (C=O) groups is 1. The molecule has 7 heteroatoms. The van der Waals surface area contributed by atoms with E-state index in [1.807, 2.05) is 30.3 Å². The summed E-state index contributed by atoms with van der Waals surface area (Å²) in [5, 5.41) is 12.1. The summed E-state index contributed by atoms with van der Waals surface area (Å²) in [4.78, 5) is 13.8. The molecule has 0 aromatic heterocycles. The van der Waals surface area contributed by atoms with Crippen LogP contribution in [0.3, 0.4) is 0 Å². The fourth-order valence-corrected chi connectivity index (χ4v) is 3.09. The van der Waals surface area contributed by atoms with E-state index in [1.165, 1.54) is 4.90 Å². The summed E-state index contributed by atoms with van der Waals surface area (Å²) in [5.74, 6) is -0.699. The van der Waals surface area contributed by atoms with Crippen molar-refractivity contribution >= 4 is 5.91 Å². The average Bonchev–Trinajstić information content (AvgIpc) is 2.54. The Morgan fingerprint density at radius 3 is 2.67 bits per heavy atom. The molecule has 1 aromatic rings. The van der Waals surface area contributed by atoms with Gasteiger partial charge in [-0.25, -0.2) is 0 Å².